The van der Waals surface area contributed by atoms with E-state index in [9.17, 15) is 13.2 Å². The Morgan fingerprint density at radius 3 is 2.54 bits per heavy atom. The molecule has 1 N–H and O–H groups in total. The Morgan fingerprint density at radius 1 is 1.23 bits per heavy atom. The zero-order valence-electron chi connectivity index (χ0n) is 13.5. The third-order valence-electron chi connectivity index (χ3n) is 3.18. The number of anilines is 1. The Morgan fingerprint density at radius 2 is 1.92 bits per heavy atom. The molecule has 6 nitrogen and oxygen atoms in total. The van der Waals surface area contributed by atoms with Gasteiger partial charge in [-0.3, -0.25) is 9.10 Å². The second-order valence-corrected chi connectivity index (χ2v) is 8.76. The van der Waals surface area contributed by atoms with E-state index in [1.54, 1.807) is 6.07 Å². The van der Waals surface area contributed by atoms with Crippen molar-refractivity contribution >= 4 is 67.0 Å². The maximum absolute atomic E-state index is 12.1. The normalized spacial score (nSPS) is 11.5. The first-order valence-electron chi connectivity index (χ1n) is 7.17. The number of hydrogen-bond acceptors (Lipinski definition) is 4. The van der Waals surface area contributed by atoms with Crippen molar-refractivity contribution < 1.29 is 13.2 Å². The molecule has 0 saturated heterocycles. The minimum Gasteiger partial charge on any atom is -0.271 e. The summed E-state index contributed by atoms with van der Waals surface area (Å²) in [5.74, 6) is -0.607. The number of rotatable bonds is 6. The van der Waals surface area contributed by atoms with Crippen molar-refractivity contribution in [1.82, 2.24) is 5.43 Å². The molecular formula is C16H14BrCl2N3O3S. The zero-order chi connectivity index (χ0) is 19.3. The molecule has 0 heterocycles. The van der Waals surface area contributed by atoms with Crippen molar-refractivity contribution in [2.75, 3.05) is 17.1 Å². The molecule has 0 aliphatic carbocycles. The summed E-state index contributed by atoms with van der Waals surface area (Å²) in [6.45, 7) is -0.454. The van der Waals surface area contributed by atoms with Crippen LogP contribution >= 0.6 is 39.1 Å². The highest BCUT2D eigenvalue weighted by molar-refractivity contribution is 9.10. The minimum atomic E-state index is -3.72. The first-order valence-corrected chi connectivity index (χ1v) is 10.6. The van der Waals surface area contributed by atoms with E-state index in [-0.39, 0.29) is 15.7 Å². The monoisotopic (exact) mass is 477 g/mol. The minimum absolute atomic E-state index is 0.185. The molecule has 0 radical (unpaired) electrons. The molecular weight excluding hydrogens is 465 g/mol. The number of benzene rings is 2. The molecule has 0 saturated carbocycles. The number of hydrogen-bond donors (Lipinski definition) is 1. The van der Waals surface area contributed by atoms with Gasteiger partial charge in [-0.2, -0.15) is 5.10 Å². The molecule has 0 aromatic heterocycles. The lowest BCUT2D eigenvalue weighted by atomic mass is 10.2. The Balaban J connectivity index is 2.12. The highest BCUT2D eigenvalue weighted by Crippen LogP contribution is 2.28. The second kappa shape index (κ2) is 8.85. The Bertz CT molecular complexity index is 952. The SMILES string of the molecule is CS(=O)(=O)N(CC(=O)N/N=C/c1ccccc1Br)c1ccc(Cl)c(Cl)c1. The summed E-state index contributed by atoms with van der Waals surface area (Å²) in [5.41, 5.74) is 3.29. The van der Waals surface area contributed by atoms with Crippen LogP contribution in [0, 0.1) is 0 Å². The van der Waals surface area contributed by atoms with Gasteiger partial charge in [0.15, 0.2) is 0 Å². The second-order valence-electron chi connectivity index (χ2n) is 5.18. The molecule has 2 aromatic carbocycles. The molecule has 0 spiro atoms. The standard InChI is InChI=1S/C16H14BrCl2N3O3S/c1-26(24,25)22(12-6-7-14(18)15(19)8-12)10-16(23)21-20-9-11-4-2-3-5-13(11)17/h2-9H,10H2,1H3,(H,21,23)/b20-9+. The van der Waals surface area contributed by atoms with Crippen molar-refractivity contribution in [2.45, 2.75) is 0 Å². The number of nitrogens with one attached hydrogen (secondary N) is 1. The Hall–Kier alpha value is -1.61. The topological polar surface area (TPSA) is 78.8 Å². The number of sulfonamides is 1. The van der Waals surface area contributed by atoms with Crippen LogP contribution in [0.1, 0.15) is 5.56 Å². The number of nitrogens with zero attached hydrogens (tertiary/aromatic N) is 2. The van der Waals surface area contributed by atoms with Gasteiger partial charge in [0.05, 0.1) is 28.2 Å². The molecule has 10 heteroatoms. The number of amides is 1. The lowest BCUT2D eigenvalue weighted by molar-refractivity contribution is -0.119. The predicted molar refractivity (Wildman–Crippen MR) is 109 cm³/mol. The van der Waals surface area contributed by atoms with Crippen LogP contribution in [-0.2, 0) is 14.8 Å². The molecule has 1 amide bonds. The summed E-state index contributed by atoms with van der Waals surface area (Å²) >= 11 is 15.1. The first kappa shape index (κ1) is 20.7. The van der Waals surface area contributed by atoms with Crippen LogP contribution in [0.2, 0.25) is 10.0 Å². The molecule has 138 valence electrons. The average Bonchev–Trinajstić information content (AvgIpc) is 2.56. The van der Waals surface area contributed by atoms with E-state index in [2.05, 4.69) is 26.5 Å². The summed E-state index contributed by atoms with van der Waals surface area (Å²) in [4.78, 5) is 12.1. The van der Waals surface area contributed by atoms with Crippen molar-refractivity contribution in [2.24, 2.45) is 5.10 Å². The Kier molecular flexibility index (Phi) is 7.05. The van der Waals surface area contributed by atoms with Crippen LogP contribution in [0.5, 0.6) is 0 Å². The predicted octanol–water partition coefficient (Wildman–Crippen LogP) is 3.67. The molecule has 26 heavy (non-hydrogen) atoms. The number of hydrazone groups is 1. The van der Waals surface area contributed by atoms with Crippen molar-refractivity contribution in [3.63, 3.8) is 0 Å². The van der Waals surface area contributed by atoms with Gasteiger partial charge in [-0.05, 0) is 24.3 Å². The fourth-order valence-electron chi connectivity index (χ4n) is 1.96. The molecule has 2 rings (SSSR count). The van der Waals surface area contributed by atoms with Crippen LogP contribution in [0.25, 0.3) is 0 Å². The lowest BCUT2D eigenvalue weighted by Gasteiger charge is -2.21. The van der Waals surface area contributed by atoms with Crippen LogP contribution in [-0.4, -0.2) is 33.3 Å². The molecule has 0 unspecified atom stereocenters. The summed E-state index contributed by atoms with van der Waals surface area (Å²) in [5, 5.41) is 4.31. The molecule has 2 aromatic rings. The van der Waals surface area contributed by atoms with Crippen molar-refractivity contribution in [1.29, 1.82) is 0 Å². The van der Waals surface area contributed by atoms with Crippen LogP contribution < -0.4 is 9.73 Å². The fourth-order valence-corrected chi connectivity index (χ4v) is 3.49. The zero-order valence-corrected chi connectivity index (χ0v) is 17.4. The van der Waals surface area contributed by atoms with E-state index in [0.29, 0.717) is 0 Å². The largest absolute Gasteiger partial charge is 0.271 e. The highest BCUT2D eigenvalue weighted by Gasteiger charge is 2.21. The Labute approximate surface area is 170 Å². The van der Waals surface area contributed by atoms with Gasteiger partial charge in [-0.15, -0.1) is 0 Å². The summed E-state index contributed by atoms with van der Waals surface area (Å²) in [6.07, 6.45) is 2.44. The van der Waals surface area contributed by atoms with Gasteiger partial charge in [0.1, 0.15) is 6.54 Å². The number of halogens is 3. The summed E-state index contributed by atoms with van der Waals surface area (Å²) in [6, 6.07) is 11.6. The summed E-state index contributed by atoms with van der Waals surface area (Å²) < 4.78 is 25.8. The van der Waals surface area contributed by atoms with Gasteiger partial charge in [-0.1, -0.05) is 57.3 Å². The fraction of sp³-hybridized carbons (Fsp3) is 0.125. The molecule has 0 bridgehead atoms. The smallest absolute Gasteiger partial charge is 0.260 e. The third-order valence-corrected chi connectivity index (χ3v) is 5.78. The van der Waals surface area contributed by atoms with Gasteiger partial charge >= 0.3 is 0 Å². The van der Waals surface area contributed by atoms with Gasteiger partial charge in [-0.25, -0.2) is 13.8 Å². The molecule has 0 atom stereocenters. The highest BCUT2D eigenvalue weighted by atomic mass is 79.9. The van der Waals surface area contributed by atoms with E-state index in [4.69, 9.17) is 23.2 Å². The summed E-state index contributed by atoms with van der Waals surface area (Å²) in [7, 11) is -3.72. The van der Waals surface area contributed by atoms with E-state index >= 15 is 0 Å². The van der Waals surface area contributed by atoms with Crippen molar-refractivity contribution in [3.05, 3.63) is 62.5 Å². The van der Waals surface area contributed by atoms with Crippen molar-refractivity contribution in [3.8, 4) is 0 Å². The quantitative estimate of drug-likeness (QED) is 0.508. The van der Waals surface area contributed by atoms with Gasteiger partial charge in [0.2, 0.25) is 10.0 Å². The third kappa shape index (κ3) is 5.70. The molecule has 0 fully saturated rings. The maximum Gasteiger partial charge on any atom is 0.260 e. The van der Waals surface area contributed by atoms with Gasteiger partial charge in [0.25, 0.3) is 5.91 Å². The molecule has 0 aliphatic heterocycles. The first-order chi connectivity index (χ1) is 12.2. The van der Waals surface area contributed by atoms with E-state index in [0.717, 1.165) is 20.6 Å². The molecule has 0 aliphatic rings. The van der Waals surface area contributed by atoms with Crippen LogP contribution in [0.15, 0.2) is 52.0 Å². The van der Waals surface area contributed by atoms with Crippen LogP contribution in [0.4, 0.5) is 5.69 Å². The van der Waals surface area contributed by atoms with Gasteiger partial charge in [0, 0.05) is 10.0 Å². The van der Waals surface area contributed by atoms with E-state index in [1.807, 2.05) is 18.2 Å². The number of carbonyl (C=O) groups excluding carboxylic acids is 1. The average molecular weight is 479 g/mol. The van der Waals surface area contributed by atoms with Gasteiger partial charge < -0.3 is 0 Å². The lowest BCUT2D eigenvalue weighted by Crippen LogP contribution is -2.39. The van der Waals surface area contributed by atoms with Crippen LogP contribution in [0.3, 0.4) is 0 Å². The maximum atomic E-state index is 12.1. The van der Waals surface area contributed by atoms with E-state index < -0.39 is 22.5 Å². The number of carbonyl (C=O) groups is 1. The van der Waals surface area contributed by atoms with E-state index in [1.165, 1.54) is 24.4 Å².